The summed E-state index contributed by atoms with van der Waals surface area (Å²) in [5.41, 5.74) is 1.84. The van der Waals surface area contributed by atoms with E-state index in [2.05, 4.69) is 20.9 Å². The summed E-state index contributed by atoms with van der Waals surface area (Å²) < 4.78 is 6.84. The van der Waals surface area contributed by atoms with Crippen LogP contribution in [0.2, 0.25) is 0 Å². The third kappa shape index (κ3) is 7.70. The van der Waals surface area contributed by atoms with Gasteiger partial charge in [0, 0.05) is 31.7 Å². The zero-order chi connectivity index (χ0) is 34.7. The zero-order valence-electron chi connectivity index (χ0n) is 27.7. The minimum atomic E-state index is -1.22. The van der Waals surface area contributed by atoms with E-state index in [-0.39, 0.29) is 19.1 Å². The number of thiazole rings is 1. The van der Waals surface area contributed by atoms with Gasteiger partial charge in [0.1, 0.15) is 23.9 Å². The summed E-state index contributed by atoms with van der Waals surface area (Å²) >= 11 is 1.59. The highest BCUT2D eigenvalue weighted by Crippen LogP contribution is 2.36. The van der Waals surface area contributed by atoms with Gasteiger partial charge in [-0.15, -0.1) is 11.3 Å². The average Bonchev–Trinajstić information content (AvgIpc) is 3.74. The maximum atomic E-state index is 13.6. The van der Waals surface area contributed by atoms with Crippen molar-refractivity contribution in [3.05, 3.63) is 58.6 Å². The second kappa shape index (κ2) is 14.5. The fourth-order valence-electron chi connectivity index (χ4n) is 7.04. The molecule has 4 N–H and O–H groups in total. The number of ether oxygens (including phenoxy) is 1. The predicted molar refractivity (Wildman–Crippen MR) is 182 cm³/mol. The molecule has 0 radical (unpaired) electrons. The van der Waals surface area contributed by atoms with Crippen LogP contribution in [0.15, 0.2) is 42.5 Å². The molecule has 6 rings (SSSR count). The molecule has 3 aliphatic heterocycles. The number of fused-ring (bicyclic) bond motifs is 4. The highest BCUT2D eigenvalue weighted by atomic mass is 32.1. The van der Waals surface area contributed by atoms with Gasteiger partial charge in [-0.3, -0.25) is 24.0 Å². The van der Waals surface area contributed by atoms with Crippen LogP contribution < -0.4 is 20.7 Å². The van der Waals surface area contributed by atoms with Crippen LogP contribution >= 0.6 is 11.3 Å². The zero-order valence-corrected chi connectivity index (χ0v) is 28.5. The van der Waals surface area contributed by atoms with Gasteiger partial charge in [-0.05, 0) is 87.3 Å². The summed E-state index contributed by atoms with van der Waals surface area (Å²) in [4.78, 5) is 74.1. The number of benzene rings is 2. The second-order valence-electron chi connectivity index (χ2n) is 13.3. The first-order chi connectivity index (χ1) is 23.5. The fourth-order valence-corrected chi connectivity index (χ4v) is 7.85. The fraction of sp³-hybridized carbons (Fsp3) is 0.486. The number of aliphatic hydroxyl groups excluding tert-OH is 1. The van der Waals surface area contributed by atoms with E-state index in [0.717, 1.165) is 20.8 Å². The highest BCUT2D eigenvalue weighted by molar-refractivity contribution is 7.18. The van der Waals surface area contributed by atoms with Crippen LogP contribution in [0, 0.1) is 12.3 Å². The quantitative estimate of drug-likeness (QED) is 0.314. The average molecular weight is 691 g/mol. The molecule has 2 saturated heterocycles. The van der Waals surface area contributed by atoms with Crippen molar-refractivity contribution < 1.29 is 33.8 Å². The number of hydrogen-bond acceptors (Lipinski definition) is 9. The Morgan fingerprint density at radius 2 is 1.86 bits per heavy atom. The van der Waals surface area contributed by atoms with Crippen LogP contribution in [-0.4, -0.2) is 107 Å². The van der Waals surface area contributed by atoms with Crippen molar-refractivity contribution >= 4 is 51.1 Å². The number of aliphatic hydroxyl groups is 1. The third-order valence-electron chi connectivity index (χ3n) is 9.74. The van der Waals surface area contributed by atoms with Gasteiger partial charge in [-0.2, -0.15) is 0 Å². The van der Waals surface area contributed by atoms with Gasteiger partial charge in [0.05, 0.1) is 21.8 Å². The van der Waals surface area contributed by atoms with Gasteiger partial charge in [0.2, 0.25) is 17.7 Å². The van der Waals surface area contributed by atoms with Crippen LogP contribution in [0.3, 0.4) is 0 Å². The molecule has 260 valence electrons. The van der Waals surface area contributed by atoms with Gasteiger partial charge < -0.3 is 35.6 Å². The van der Waals surface area contributed by atoms with Crippen molar-refractivity contribution in [2.24, 2.45) is 5.41 Å². The monoisotopic (exact) mass is 690 g/mol. The van der Waals surface area contributed by atoms with Gasteiger partial charge in [0.15, 0.2) is 6.61 Å². The van der Waals surface area contributed by atoms with Gasteiger partial charge >= 0.3 is 0 Å². The number of nitrogens with zero attached hydrogens (tertiary/aromatic N) is 3. The molecule has 3 atom stereocenters. The number of carbonyl (C=O) groups is 5. The SMILES string of the molecule is Cc1nc2cc(C(=O)N3CCC4(CC3)CNC(=O)[C@H](CO)NC(=O)[C@@H]3CCCN3C(=O)[C@H](C)NC(=O)COc3cccc(c3)C4)ccc2s1. The molecule has 13 nitrogen and oxygen atoms in total. The van der Waals surface area contributed by atoms with Crippen molar-refractivity contribution in [3.8, 4) is 5.75 Å². The molecular weight excluding hydrogens is 648 g/mol. The number of carbonyl (C=O) groups excluding carboxylic acids is 5. The lowest BCUT2D eigenvalue weighted by molar-refractivity contribution is -0.142. The van der Waals surface area contributed by atoms with E-state index in [1.54, 1.807) is 24.3 Å². The van der Waals surface area contributed by atoms with E-state index in [0.29, 0.717) is 63.1 Å². The molecule has 2 bridgehead atoms. The van der Waals surface area contributed by atoms with Crippen molar-refractivity contribution in [1.82, 2.24) is 30.7 Å². The number of piperidine rings is 1. The van der Waals surface area contributed by atoms with E-state index in [1.165, 1.54) is 4.90 Å². The largest absolute Gasteiger partial charge is 0.484 e. The standard InChI is InChI=1S/C35H42N6O7S/c1-21-33(46)41-12-4-7-28(41)32(45)39-27(18-42)31(44)36-20-35(17-23-5-3-6-25(15-23)48-19-30(43)37-21)10-13-40(14-11-35)34(47)24-8-9-29-26(16-24)38-22(2)49-29/h3,5-6,8-9,15-16,21,27-28,42H,4,7,10-14,17-20H2,1-2H3,(H,36,44)(H,37,43)(H,39,45)/t21-,27-,28-/m0/s1. The first-order valence-corrected chi connectivity index (χ1v) is 17.5. The van der Waals surface area contributed by atoms with E-state index in [1.807, 2.05) is 48.2 Å². The Kier molecular flexibility index (Phi) is 10.2. The summed E-state index contributed by atoms with van der Waals surface area (Å²) in [6.07, 6.45) is 2.68. The molecule has 3 aliphatic rings. The summed E-state index contributed by atoms with van der Waals surface area (Å²) in [5, 5.41) is 19.3. The predicted octanol–water partition coefficient (Wildman–Crippen LogP) is 1.55. The third-order valence-corrected chi connectivity index (χ3v) is 10.7. The van der Waals surface area contributed by atoms with Gasteiger partial charge in [0.25, 0.3) is 11.8 Å². The van der Waals surface area contributed by atoms with E-state index < -0.39 is 53.8 Å². The molecule has 1 aromatic heterocycles. The Morgan fingerprint density at radius 3 is 2.63 bits per heavy atom. The van der Waals surface area contributed by atoms with Crippen LogP contribution in [0.5, 0.6) is 5.75 Å². The van der Waals surface area contributed by atoms with Gasteiger partial charge in [-0.1, -0.05) is 12.1 Å². The smallest absolute Gasteiger partial charge is 0.258 e. The number of amides is 5. The Balaban J connectivity index is 1.23. The van der Waals surface area contributed by atoms with Crippen LogP contribution in [0.1, 0.15) is 53.5 Å². The lowest BCUT2D eigenvalue weighted by Gasteiger charge is -2.42. The number of aryl methyl sites for hydroxylation is 1. The molecule has 5 amide bonds. The normalized spacial score (nSPS) is 23.9. The molecule has 4 heterocycles. The first kappa shape index (κ1) is 34.3. The number of nitrogens with one attached hydrogen (secondary N) is 3. The summed E-state index contributed by atoms with van der Waals surface area (Å²) in [7, 11) is 0. The Morgan fingerprint density at radius 1 is 1.06 bits per heavy atom. The van der Waals surface area contributed by atoms with Crippen molar-refractivity contribution in [1.29, 1.82) is 0 Å². The Bertz CT molecular complexity index is 1750. The molecule has 0 saturated carbocycles. The molecule has 1 spiro atoms. The van der Waals surface area contributed by atoms with Crippen molar-refractivity contribution in [2.75, 3.05) is 39.4 Å². The minimum absolute atomic E-state index is 0.0759. The van der Waals surface area contributed by atoms with Crippen LogP contribution in [-0.2, 0) is 25.6 Å². The highest BCUT2D eigenvalue weighted by Gasteiger charge is 2.40. The summed E-state index contributed by atoms with van der Waals surface area (Å²) in [6, 6.07) is 10.0. The van der Waals surface area contributed by atoms with Crippen molar-refractivity contribution in [2.45, 2.75) is 64.1 Å². The maximum absolute atomic E-state index is 13.6. The molecule has 14 heteroatoms. The van der Waals surface area contributed by atoms with Crippen LogP contribution in [0.4, 0.5) is 0 Å². The summed E-state index contributed by atoms with van der Waals surface area (Å²) in [6.45, 7) is 4.07. The van der Waals surface area contributed by atoms with E-state index in [9.17, 15) is 29.1 Å². The molecule has 0 aliphatic carbocycles. The molecular formula is C35H42N6O7S. The maximum Gasteiger partial charge on any atom is 0.258 e. The van der Waals surface area contributed by atoms with Gasteiger partial charge in [-0.25, -0.2) is 4.98 Å². The Hall–Kier alpha value is -4.56. The first-order valence-electron chi connectivity index (χ1n) is 16.7. The number of likely N-dealkylation sites (tertiary alicyclic amines) is 1. The molecule has 0 unspecified atom stereocenters. The lowest BCUT2D eigenvalue weighted by atomic mass is 9.73. The lowest BCUT2D eigenvalue weighted by Crippen LogP contribution is -2.57. The molecule has 2 fully saturated rings. The van der Waals surface area contributed by atoms with E-state index in [4.69, 9.17) is 4.74 Å². The number of rotatable bonds is 2. The van der Waals surface area contributed by atoms with Crippen molar-refractivity contribution in [3.63, 3.8) is 0 Å². The summed E-state index contributed by atoms with van der Waals surface area (Å²) in [5.74, 6) is -1.55. The molecule has 3 aromatic rings. The molecule has 49 heavy (non-hydrogen) atoms. The minimum Gasteiger partial charge on any atom is -0.484 e. The number of aromatic nitrogens is 1. The Labute approximate surface area is 288 Å². The van der Waals surface area contributed by atoms with Crippen LogP contribution in [0.25, 0.3) is 10.2 Å². The molecule has 2 aromatic carbocycles. The second-order valence-corrected chi connectivity index (χ2v) is 14.5. The number of hydrogen-bond donors (Lipinski definition) is 4. The topological polar surface area (TPSA) is 170 Å². The van der Waals surface area contributed by atoms with E-state index >= 15 is 0 Å².